The zero-order valence-corrected chi connectivity index (χ0v) is 15.3. The normalized spacial score (nSPS) is 17.1. The van der Waals surface area contributed by atoms with Crippen LogP contribution in [-0.2, 0) is 11.3 Å². The predicted molar refractivity (Wildman–Crippen MR) is 96.4 cm³/mol. The van der Waals surface area contributed by atoms with Crippen LogP contribution in [0.1, 0.15) is 30.3 Å². The summed E-state index contributed by atoms with van der Waals surface area (Å²) in [5.74, 6) is 0.644. The highest BCUT2D eigenvalue weighted by atomic mass is 79.9. The van der Waals surface area contributed by atoms with E-state index < -0.39 is 0 Å². The number of nitrogens with zero attached hydrogens (tertiary/aromatic N) is 3. The minimum atomic E-state index is -0.298. The lowest BCUT2D eigenvalue weighted by Crippen LogP contribution is -2.27. The molecule has 4 rings (SSSR count). The molecular weight excluding hydrogens is 401 g/mol. The van der Waals surface area contributed by atoms with Gasteiger partial charge in [-0.2, -0.15) is 4.98 Å². The van der Waals surface area contributed by atoms with E-state index in [9.17, 15) is 9.18 Å². The summed E-state index contributed by atoms with van der Waals surface area (Å²) in [6, 6.07) is 13.5. The second-order valence-electron chi connectivity index (χ2n) is 6.17. The Morgan fingerprint density at radius 1 is 1.23 bits per heavy atom. The number of rotatable bonds is 4. The van der Waals surface area contributed by atoms with Crippen LogP contribution in [-0.4, -0.2) is 20.9 Å². The molecule has 0 bridgehead atoms. The average Bonchev–Trinajstić information content (AvgIpc) is 3.25. The van der Waals surface area contributed by atoms with Crippen molar-refractivity contribution in [3.8, 4) is 11.4 Å². The number of halogens is 2. The number of amides is 1. The monoisotopic (exact) mass is 415 g/mol. The quantitative estimate of drug-likeness (QED) is 0.629. The van der Waals surface area contributed by atoms with Crippen LogP contribution in [0.4, 0.5) is 4.39 Å². The maximum Gasteiger partial charge on any atom is 0.249 e. The second kappa shape index (κ2) is 6.99. The fourth-order valence-electron chi connectivity index (χ4n) is 3.09. The molecule has 1 atom stereocenters. The van der Waals surface area contributed by atoms with Crippen LogP contribution < -0.4 is 0 Å². The van der Waals surface area contributed by atoms with E-state index in [0.29, 0.717) is 31.1 Å². The lowest BCUT2D eigenvalue weighted by atomic mass is 10.1. The van der Waals surface area contributed by atoms with Gasteiger partial charge in [-0.1, -0.05) is 45.4 Å². The van der Waals surface area contributed by atoms with Crippen molar-refractivity contribution < 1.29 is 13.7 Å². The molecule has 0 saturated carbocycles. The molecule has 132 valence electrons. The maximum atomic E-state index is 13.1. The molecule has 1 unspecified atom stereocenters. The lowest BCUT2D eigenvalue weighted by molar-refractivity contribution is -0.129. The highest BCUT2D eigenvalue weighted by Crippen LogP contribution is 2.34. The first-order valence-electron chi connectivity index (χ1n) is 8.23. The third-order valence-electron chi connectivity index (χ3n) is 4.40. The number of benzene rings is 2. The highest BCUT2D eigenvalue weighted by Gasteiger charge is 2.36. The Labute approximate surface area is 158 Å². The topological polar surface area (TPSA) is 59.2 Å². The Morgan fingerprint density at radius 3 is 2.81 bits per heavy atom. The van der Waals surface area contributed by atoms with Crippen molar-refractivity contribution in [2.75, 3.05) is 0 Å². The molecule has 3 aromatic rings. The van der Waals surface area contributed by atoms with E-state index in [4.69, 9.17) is 4.52 Å². The second-order valence-corrected chi connectivity index (χ2v) is 7.08. The highest BCUT2D eigenvalue weighted by molar-refractivity contribution is 9.10. The van der Waals surface area contributed by atoms with Gasteiger partial charge in [0.2, 0.25) is 17.6 Å². The molecule has 0 radical (unpaired) electrons. The van der Waals surface area contributed by atoms with Crippen molar-refractivity contribution in [1.82, 2.24) is 15.0 Å². The van der Waals surface area contributed by atoms with E-state index in [0.717, 1.165) is 15.6 Å². The fourth-order valence-corrected chi connectivity index (χ4v) is 3.49. The van der Waals surface area contributed by atoms with Gasteiger partial charge in [0.25, 0.3) is 0 Å². The van der Waals surface area contributed by atoms with Gasteiger partial charge in [-0.15, -0.1) is 0 Å². The Hall–Kier alpha value is -2.54. The minimum Gasteiger partial charge on any atom is -0.337 e. The Morgan fingerprint density at radius 2 is 2.04 bits per heavy atom. The Kier molecular flexibility index (Phi) is 4.55. The fraction of sp³-hybridized carbons (Fsp3) is 0.211. The van der Waals surface area contributed by atoms with Gasteiger partial charge in [-0.25, -0.2) is 4.39 Å². The number of carbonyl (C=O) groups is 1. The van der Waals surface area contributed by atoms with Crippen molar-refractivity contribution in [2.45, 2.75) is 25.4 Å². The number of hydrogen-bond acceptors (Lipinski definition) is 4. The molecular formula is C19H15BrFN3O2. The van der Waals surface area contributed by atoms with E-state index in [1.807, 2.05) is 24.3 Å². The molecule has 1 aromatic heterocycles. The van der Waals surface area contributed by atoms with E-state index in [1.165, 1.54) is 12.1 Å². The molecule has 0 aliphatic carbocycles. The summed E-state index contributed by atoms with van der Waals surface area (Å²) in [7, 11) is 0. The molecule has 1 fully saturated rings. The van der Waals surface area contributed by atoms with Crippen molar-refractivity contribution in [1.29, 1.82) is 0 Å². The first kappa shape index (κ1) is 16.9. The summed E-state index contributed by atoms with van der Waals surface area (Å²) in [6.07, 6.45) is 1.06. The summed E-state index contributed by atoms with van der Waals surface area (Å²) in [5, 5.41) is 4.06. The summed E-state index contributed by atoms with van der Waals surface area (Å²) < 4.78 is 19.5. The van der Waals surface area contributed by atoms with Gasteiger partial charge in [-0.05, 0) is 36.2 Å². The smallest absolute Gasteiger partial charge is 0.249 e. The van der Waals surface area contributed by atoms with E-state index in [-0.39, 0.29) is 17.8 Å². The minimum absolute atomic E-state index is 0.0292. The van der Waals surface area contributed by atoms with Crippen molar-refractivity contribution >= 4 is 21.8 Å². The number of aromatic nitrogens is 2. The van der Waals surface area contributed by atoms with Crippen LogP contribution in [0.15, 0.2) is 57.5 Å². The molecule has 1 aliphatic rings. The molecule has 1 saturated heterocycles. The van der Waals surface area contributed by atoms with E-state index >= 15 is 0 Å². The molecule has 26 heavy (non-hydrogen) atoms. The predicted octanol–water partition coefficient (Wildman–Crippen LogP) is 4.50. The number of carbonyl (C=O) groups excluding carboxylic acids is 1. The van der Waals surface area contributed by atoms with E-state index in [1.54, 1.807) is 17.0 Å². The Bertz CT molecular complexity index is 942. The zero-order chi connectivity index (χ0) is 18.1. The van der Waals surface area contributed by atoms with Crippen LogP contribution in [0.3, 0.4) is 0 Å². The van der Waals surface area contributed by atoms with Crippen LogP contribution in [0.25, 0.3) is 11.4 Å². The number of likely N-dealkylation sites (tertiary alicyclic amines) is 1. The maximum absolute atomic E-state index is 13.1. The zero-order valence-electron chi connectivity index (χ0n) is 13.7. The van der Waals surface area contributed by atoms with Crippen molar-refractivity contribution in [3.05, 3.63) is 70.3 Å². The van der Waals surface area contributed by atoms with Crippen molar-refractivity contribution in [2.24, 2.45) is 0 Å². The molecule has 1 aliphatic heterocycles. The van der Waals surface area contributed by atoms with Crippen molar-refractivity contribution in [3.63, 3.8) is 0 Å². The number of hydrogen-bond donors (Lipinski definition) is 0. The molecule has 0 spiro atoms. The van der Waals surface area contributed by atoms with Gasteiger partial charge in [0.1, 0.15) is 11.9 Å². The van der Waals surface area contributed by atoms with Gasteiger partial charge in [0.15, 0.2) is 0 Å². The van der Waals surface area contributed by atoms with Gasteiger partial charge in [0, 0.05) is 23.0 Å². The summed E-state index contributed by atoms with van der Waals surface area (Å²) in [5.41, 5.74) is 1.70. The first-order chi connectivity index (χ1) is 12.6. The standard InChI is InChI=1S/C19H15BrFN3O2/c20-14-3-1-2-13(10-14)18-22-19(26-23-18)16-8-9-17(25)24(16)11-12-4-6-15(21)7-5-12/h1-7,10,16H,8-9,11H2. The largest absolute Gasteiger partial charge is 0.337 e. The molecule has 5 nitrogen and oxygen atoms in total. The molecule has 2 heterocycles. The third-order valence-corrected chi connectivity index (χ3v) is 4.90. The molecule has 2 aromatic carbocycles. The summed E-state index contributed by atoms with van der Waals surface area (Å²) >= 11 is 3.43. The van der Waals surface area contributed by atoms with Gasteiger partial charge >= 0.3 is 0 Å². The van der Waals surface area contributed by atoms with Crippen LogP contribution >= 0.6 is 15.9 Å². The van der Waals surface area contributed by atoms with E-state index in [2.05, 4.69) is 26.1 Å². The van der Waals surface area contributed by atoms with Gasteiger partial charge in [0.05, 0.1) is 0 Å². The SMILES string of the molecule is O=C1CCC(c2nc(-c3cccc(Br)c3)no2)N1Cc1ccc(F)cc1. The molecule has 7 heteroatoms. The molecule has 0 N–H and O–H groups in total. The first-order valence-corrected chi connectivity index (χ1v) is 9.03. The third kappa shape index (κ3) is 3.39. The van der Waals surface area contributed by atoms with Crippen LogP contribution in [0.5, 0.6) is 0 Å². The summed E-state index contributed by atoms with van der Waals surface area (Å²) in [6.45, 7) is 0.387. The molecule has 1 amide bonds. The summed E-state index contributed by atoms with van der Waals surface area (Å²) in [4.78, 5) is 18.5. The lowest BCUT2D eigenvalue weighted by Gasteiger charge is -2.22. The average molecular weight is 416 g/mol. The van der Waals surface area contributed by atoms with Crippen LogP contribution in [0, 0.1) is 5.82 Å². The van der Waals surface area contributed by atoms with Gasteiger partial charge in [-0.3, -0.25) is 4.79 Å². The Balaban J connectivity index is 1.58. The van der Waals surface area contributed by atoms with Gasteiger partial charge < -0.3 is 9.42 Å². The van der Waals surface area contributed by atoms with Crippen LogP contribution in [0.2, 0.25) is 0 Å².